The smallest absolute Gasteiger partial charge is 0.437 e. The van der Waals surface area contributed by atoms with Crippen molar-refractivity contribution in [3.8, 4) is 40.1 Å². The van der Waals surface area contributed by atoms with Gasteiger partial charge in [-0.3, -0.25) is 10.1 Å². The number of nitro benzene ring substituents is 1. The average molecular weight is 514 g/mol. The Morgan fingerprint density at radius 2 is 1.64 bits per heavy atom. The van der Waals surface area contributed by atoms with E-state index in [1.165, 1.54) is 44.4 Å². The van der Waals surface area contributed by atoms with Crippen LogP contribution >= 0.6 is 0 Å². The zero-order valence-electron chi connectivity index (χ0n) is 19.4. The molecule has 4 aromatic rings. The van der Waals surface area contributed by atoms with Gasteiger partial charge in [-0.15, -0.1) is 8.42 Å². The zero-order valence-corrected chi connectivity index (χ0v) is 20.2. The molecule has 0 aliphatic rings. The van der Waals surface area contributed by atoms with Crippen molar-refractivity contribution < 1.29 is 31.9 Å². The van der Waals surface area contributed by atoms with Crippen LogP contribution in [0.1, 0.15) is 0 Å². The number of nitro groups is 1. The third kappa shape index (κ3) is 4.88. The molecule has 13 heteroatoms. The van der Waals surface area contributed by atoms with Crippen molar-refractivity contribution in [3.05, 3.63) is 76.8 Å². The van der Waals surface area contributed by atoms with Gasteiger partial charge >= 0.3 is 10.3 Å². The molecule has 0 radical (unpaired) electrons. The van der Waals surface area contributed by atoms with Crippen LogP contribution in [0.2, 0.25) is 0 Å². The number of quaternary nitrogens is 1. The fourth-order valence-electron chi connectivity index (χ4n) is 3.21. The summed E-state index contributed by atoms with van der Waals surface area (Å²) in [5, 5.41) is 15.3. The highest BCUT2D eigenvalue weighted by Crippen LogP contribution is 2.37. The summed E-state index contributed by atoms with van der Waals surface area (Å²) in [5.74, 6) is 1.49. The second kappa shape index (κ2) is 9.37. The molecular formula is C23H21N4O8S+. The van der Waals surface area contributed by atoms with Gasteiger partial charge in [0.15, 0.2) is 0 Å². The number of aromatic nitrogens is 2. The normalized spacial score (nSPS) is 11.8. The topological polar surface area (TPSA) is 155 Å². The van der Waals surface area contributed by atoms with Crippen LogP contribution in [0, 0.1) is 10.1 Å². The van der Waals surface area contributed by atoms with E-state index in [4.69, 9.17) is 14.0 Å². The SMILES string of the molecule is COc1ccc(Oc2ccc([N+](=O)[O-])cc2-c2nc(-c3ccc([N+](C)(C)S(=O)(=O)O)cc3)no2)cc1. The van der Waals surface area contributed by atoms with Gasteiger partial charge in [-0.05, 0) is 42.5 Å². The minimum Gasteiger partial charge on any atom is -0.497 e. The molecule has 4 rings (SSSR count). The van der Waals surface area contributed by atoms with E-state index in [1.807, 2.05) is 0 Å². The van der Waals surface area contributed by atoms with Gasteiger partial charge < -0.3 is 14.0 Å². The first kappa shape index (κ1) is 24.8. The summed E-state index contributed by atoms with van der Waals surface area (Å²) in [4.78, 5) is 15.2. The van der Waals surface area contributed by atoms with E-state index < -0.39 is 19.1 Å². The number of nitrogens with zero attached hydrogens (tertiary/aromatic N) is 4. The van der Waals surface area contributed by atoms with E-state index in [1.54, 1.807) is 43.5 Å². The zero-order chi connectivity index (χ0) is 26.1. The Balaban J connectivity index is 1.68. The monoisotopic (exact) mass is 513 g/mol. The summed E-state index contributed by atoms with van der Waals surface area (Å²) in [6.07, 6.45) is 0. The van der Waals surface area contributed by atoms with Crippen LogP contribution in [0.5, 0.6) is 17.2 Å². The minimum absolute atomic E-state index is 0.0182. The van der Waals surface area contributed by atoms with Crippen LogP contribution in [0.4, 0.5) is 11.4 Å². The number of rotatable bonds is 8. The molecule has 1 heterocycles. The van der Waals surface area contributed by atoms with Gasteiger partial charge in [-0.1, -0.05) is 5.16 Å². The van der Waals surface area contributed by atoms with Crippen molar-refractivity contribution in [3.63, 3.8) is 0 Å². The number of ether oxygens (including phenoxy) is 2. The molecule has 0 fully saturated rings. The molecule has 1 N–H and O–H groups in total. The van der Waals surface area contributed by atoms with Gasteiger partial charge in [0, 0.05) is 29.8 Å². The molecule has 1 aromatic heterocycles. The Hall–Kier alpha value is -4.33. The molecule has 0 saturated carbocycles. The molecule has 3 aromatic carbocycles. The van der Waals surface area contributed by atoms with Crippen molar-refractivity contribution in [2.75, 3.05) is 21.2 Å². The number of benzene rings is 3. The van der Waals surface area contributed by atoms with E-state index in [0.717, 1.165) is 0 Å². The number of methoxy groups -OCH3 is 1. The van der Waals surface area contributed by atoms with Gasteiger partial charge in [-0.2, -0.15) is 8.87 Å². The van der Waals surface area contributed by atoms with Gasteiger partial charge in [0.25, 0.3) is 11.6 Å². The maximum atomic E-state index is 11.7. The highest BCUT2D eigenvalue weighted by Gasteiger charge is 2.33. The first-order valence-corrected chi connectivity index (χ1v) is 11.8. The van der Waals surface area contributed by atoms with E-state index in [-0.39, 0.29) is 28.7 Å². The molecule has 0 spiro atoms. The Morgan fingerprint density at radius 1 is 1.00 bits per heavy atom. The third-order valence-electron chi connectivity index (χ3n) is 5.44. The van der Waals surface area contributed by atoms with Crippen LogP contribution in [-0.2, 0) is 10.3 Å². The fraction of sp³-hybridized carbons (Fsp3) is 0.130. The molecular weight excluding hydrogens is 492 g/mol. The summed E-state index contributed by atoms with van der Waals surface area (Å²) in [7, 11) is -0.212. The van der Waals surface area contributed by atoms with Gasteiger partial charge in [0.1, 0.15) is 22.9 Å². The molecule has 186 valence electrons. The molecule has 36 heavy (non-hydrogen) atoms. The lowest BCUT2D eigenvalue weighted by atomic mass is 10.1. The lowest BCUT2D eigenvalue weighted by Gasteiger charge is -2.23. The standard InChI is InChI=1S/C23H20N4O8S/c1-27(2,36(30,31)32)17-7-4-15(5-8-17)22-24-23(35-25-22)20-14-16(26(28)29)6-13-21(20)34-19-11-9-18(33-3)10-12-19/h4-14H,1-3H3/p+1. The number of hydrogen-bond donors (Lipinski definition) is 1. The maximum Gasteiger partial charge on any atom is 0.437 e. The Labute approximate surface area is 205 Å². The molecule has 12 nitrogen and oxygen atoms in total. The van der Waals surface area contributed by atoms with Crippen molar-refractivity contribution in [1.82, 2.24) is 14.0 Å². The first-order chi connectivity index (χ1) is 17.0. The van der Waals surface area contributed by atoms with Crippen LogP contribution in [0.25, 0.3) is 22.8 Å². The van der Waals surface area contributed by atoms with Crippen molar-refractivity contribution in [1.29, 1.82) is 0 Å². The van der Waals surface area contributed by atoms with Crippen LogP contribution in [0.15, 0.2) is 71.3 Å². The summed E-state index contributed by atoms with van der Waals surface area (Å²) in [5.41, 5.74) is 0.812. The number of non-ortho nitro benzene ring substituents is 1. The molecule has 0 amide bonds. The van der Waals surface area contributed by atoms with Gasteiger partial charge in [-0.25, -0.2) is 4.55 Å². The molecule has 0 bridgehead atoms. The quantitative estimate of drug-likeness (QED) is 0.154. The highest BCUT2D eigenvalue weighted by molar-refractivity contribution is 7.85. The Bertz CT molecular complexity index is 1510. The summed E-state index contributed by atoms with van der Waals surface area (Å²) >= 11 is 0. The minimum atomic E-state index is -4.40. The van der Waals surface area contributed by atoms with Crippen LogP contribution < -0.4 is 13.4 Å². The number of hydrogen-bond acceptors (Lipinski definition) is 9. The predicted octanol–water partition coefficient (Wildman–Crippen LogP) is 4.48. The third-order valence-corrected chi connectivity index (χ3v) is 6.81. The first-order valence-electron chi connectivity index (χ1n) is 10.4. The van der Waals surface area contributed by atoms with Crippen molar-refractivity contribution in [2.45, 2.75) is 0 Å². The summed E-state index contributed by atoms with van der Waals surface area (Å²) in [6.45, 7) is 0. The lowest BCUT2D eigenvalue weighted by molar-refractivity contribution is -0.384. The summed E-state index contributed by atoms with van der Waals surface area (Å²) in [6, 6.07) is 16.9. The van der Waals surface area contributed by atoms with E-state index in [2.05, 4.69) is 10.1 Å². The Kier molecular flexibility index (Phi) is 6.45. The van der Waals surface area contributed by atoms with Crippen molar-refractivity contribution >= 4 is 21.7 Å². The molecule has 0 unspecified atom stereocenters. The summed E-state index contributed by atoms with van der Waals surface area (Å²) < 4.78 is 48.4. The van der Waals surface area contributed by atoms with E-state index in [9.17, 15) is 23.1 Å². The van der Waals surface area contributed by atoms with Gasteiger partial charge in [0.05, 0.1) is 31.7 Å². The van der Waals surface area contributed by atoms with E-state index in [0.29, 0.717) is 22.7 Å². The van der Waals surface area contributed by atoms with Crippen LogP contribution in [-0.4, -0.2) is 49.2 Å². The Morgan fingerprint density at radius 3 is 2.22 bits per heavy atom. The average Bonchev–Trinajstić information content (AvgIpc) is 3.34. The fourth-order valence-corrected chi connectivity index (χ4v) is 3.60. The molecule has 0 atom stereocenters. The maximum absolute atomic E-state index is 11.7. The lowest BCUT2D eigenvalue weighted by Crippen LogP contribution is -2.45. The largest absolute Gasteiger partial charge is 0.497 e. The van der Waals surface area contributed by atoms with Crippen LogP contribution in [0.3, 0.4) is 0 Å². The molecule has 0 aliphatic carbocycles. The molecule has 0 aliphatic heterocycles. The van der Waals surface area contributed by atoms with Gasteiger partial charge in [0.2, 0.25) is 5.82 Å². The van der Waals surface area contributed by atoms with E-state index >= 15 is 0 Å². The van der Waals surface area contributed by atoms with Crippen molar-refractivity contribution in [2.24, 2.45) is 0 Å². The predicted molar refractivity (Wildman–Crippen MR) is 130 cm³/mol. The molecule has 0 saturated heterocycles. The second-order valence-corrected chi connectivity index (χ2v) is 9.79. The second-order valence-electron chi connectivity index (χ2n) is 7.98. The highest BCUT2D eigenvalue weighted by atomic mass is 32.2.